The largest absolute Gasteiger partial charge is 0.253 e. The van der Waals surface area contributed by atoms with Gasteiger partial charge in [0.25, 0.3) is 5.78 Å². The van der Waals surface area contributed by atoms with Crippen LogP contribution in [0.5, 0.6) is 0 Å². The van der Waals surface area contributed by atoms with Crippen molar-refractivity contribution in [1.29, 1.82) is 0 Å². The minimum atomic E-state index is -0.584. The zero-order valence-corrected chi connectivity index (χ0v) is 13.2. The van der Waals surface area contributed by atoms with Gasteiger partial charge in [-0.15, -0.1) is 5.10 Å². The Morgan fingerprint density at radius 2 is 1.91 bits per heavy atom. The van der Waals surface area contributed by atoms with Crippen molar-refractivity contribution in [3.05, 3.63) is 52.9 Å². The van der Waals surface area contributed by atoms with E-state index in [-0.39, 0.29) is 5.25 Å². The summed E-state index contributed by atoms with van der Waals surface area (Å²) in [4.78, 5) is 8.67. The zero-order valence-electron chi connectivity index (χ0n) is 12.3. The molecular formula is C15H14F2N4S. The first-order valence-corrected chi connectivity index (χ1v) is 7.64. The van der Waals surface area contributed by atoms with Gasteiger partial charge in [0.1, 0.15) is 11.6 Å². The maximum atomic E-state index is 13.8. The maximum Gasteiger partial charge on any atom is 0.253 e. The summed E-state index contributed by atoms with van der Waals surface area (Å²) in [7, 11) is 0. The van der Waals surface area contributed by atoms with Crippen LogP contribution >= 0.6 is 11.8 Å². The van der Waals surface area contributed by atoms with E-state index in [1.54, 1.807) is 4.52 Å². The number of hydrogen-bond acceptors (Lipinski definition) is 4. The van der Waals surface area contributed by atoms with Gasteiger partial charge in [-0.2, -0.15) is 4.98 Å². The van der Waals surface area contributed by atoms with Crippen LogP contribution in [0.1, 0.15) is 29.1 Å². The van der Waals surface area contributed by atoms with Crippen molar-refractivity contribution >= 4 is 17.5 Å². The fourth-order valence-corrected chi connectivity index (χ4v) is 3.15. The highest BCUT2D eigenvalue weighted by Gasteiger charge is 2.16. The van der Waals surface area contributed by atoms with Crippen LogP contribution in [-0.2, 0) is 0 Å². The summed E-state index contributed by atoms with van der Waals surface area (Å²) >= 11 is 1.31. The molecule has 0 fully saturated rings. The van der Waals surface area contributed by atoms with Gasteiger partial charge in [0.2, 0.25) is 5.16 Å². The first-order chi connectivity index (χ1) is 10.4. The molecule has 0 aliphatic rings. The second-order valence-electron chi connectivity index (χ2n) is 5.07. The average molecular weight is 320 g/mol. The fraction of sp³-hybridized carbons (Fsp3) is 0.267. The number of aryl methyl sites for hydroxylation is 2. The Morgan fingerprint density at radius 1 is 1.14 bits per heavy atom. The third-order valence-corrected chi connectivity index (χ3v) is 4.27. The summed E-state index contributed by atoms with van der Waals surface area (Å²) in [5.41, 5.74) is 2.22. The summed E-state index contributed by atoms with van der Waals surface area (Å²) in [5.74, 6) is -0.625. The van der Waals surface area contributed by atoms with Crippen molar-refractivity contribution in [3.8, 4) is 0 Å². The number of fused-ring (bicyclic) bond motifs is 1. The number of halogens is 2. The van der Waals surface area contributed by atoms with E-state index < -0.39 is 11.6 Å². The molecule has 1 atom stereocenters. The Morgan fingerprint density at radius 3 is 2.64 bits per heavy atom. The summed E-state index contributed by atoms with van der Waals surface area (Å²) in [6, 6.07) is 5.51. The molecule has 3 aromatic rings. The SMILES string of the molecule is Cc1cc(C)n2nc(SC(C)c3ccc(F)cc3F)nc2n1. The van der Waals surface area contributed by atoms with Gasteiger partial charge in [0.15, 0.2) is 0 Å². The van der Waals surface area contributed by atoms with E-state index in [0.717, 1.165) is 17.5 Å². The smallest absolute Gasteiger partial charge is 0.216 e. The Labute approximate surface area is 130 Å². The molecule has 0 spiro atoms. The third kappa shape index (κ3) is 2.81. The van der Waals surface area contributed by atoms with E-state index in [4.69, 9.17) is 0 Å². The van der Waals surface area contributed by atoms with Crippen LogP contribution in [0.25, 0.3) is 5.78 Å². The molecule has 0 bridgehead atoms. The second-order valence-corrected chi connectivity index (χ2v) is 6.38. The molecular weight excluding hydrogens is 306 g/mol. The second kappa shape index (κ2) is 5.64. The Bertz CT molecular complexity index is 847. The molecule has 0 radical (unpaired) electrons. The Hall–Kier alpha value is -2.02. The van der Waals surface area contributed by atoms with Crippen molar-refractivity contribution in [3.63, 3.8) is 0 Å². The van der Waals surface area contributed by atoms with Gasteiger partial charge in [0, 0.05) is 28.3 Å². The minimum absolute atomic E-state index is 0.237. The predicted octanol–water partition coefficient (Wildman–Crippen LogP) is 3.87. The zero-order chi connectivity index (χ0) is 15.9. The van der Waals surface area contributed by atoms with Crippen LogP contribution < -0.4 is 0 Å². The van der Waals surface area contributed by atoms with Crippen LogP contribution in [0.4, 0.5) is 8.78 Å². The molecule has 0 saturated carbocycles. The highest BCUT2D eigenvalue weighted by molar-refractivity contribution is 7.99. The molecule has 114 valence electrons. The van der Waals surface area contributed by atoms with Gasteiger partial charge in [-0.1, -0.05) is 17.8 Å². The monoisotopic (exact) mass is 320 g/mol. The molecule has 1 aromatic carbocycles. The number of thioether (sulfide) groups is 1. The van der Waals surface area contributed by atoms with Gasteiger partial charge < -0.3 is 0 Å². The molecule has 4 nitrogen and oxygen atoms in total. The topological polar surface area (TPSA) is 43.1 Å². The molecule has 0 saturated heterocycles. The Kier molecular flexibility index (Phi) is 3.82. The quantitative estimate of drug-likeness (QED) is 0.687. The van der Waals surface area contributed by atoms with Crippen LogP contribution in [0.2, 0.25) is 0 Å². The van der Waals surface area contributed by atoms with Crippen molar-refractivity contribution in [2.45, 2.75) is 31.2 Å². The van der Waals surface area contributed by atoms with Gasteiger partial charge >= 0.3 is 0 Å². The lowest BCUT2D eigenvalue weighted by atomic mass is 10.1. The molecule has 3 rings (SSSR count). The number of benzene rings is 1. The van der Waals surface area contributed by atoms with E-state index in [2.05, 4.69) is 15.1 Å². The van der Waals surface area contributed by atoms with Gasteiger partial charge in [-0.05, 0) is 32.9 Å². The molecule has 0 amide bonds. The lowest BCUT2D eigenvalue weighted by molar-refractivity contribution is 0.572. The lowest BCUT2D eigenvalue weighted by Gasteiger charge is -2.10. The summed E-state index contributed by atoms with van der Waals surface area (Å²) in [5, 5.41) is 4.65. The van der Waals surface area contributed by atoms with Crippen LogP contribution in [0.3, 0.4) is 0 Å². The van der Waals surface area contributed by atoms with Gasteiger partial charge in [0.05, 0.1) is 0 Å². The minimum Gasteiger partial charge on any atom is -0.216 e. The van der Waals surface area contributed by atoms with Gasteiger partial charge in [-0.25, -0.2) is 18.3 Å². The number of aromatic nitrogens is 4. The van der Waals surface area contributed by atoms with Crippen LogP contribution in [0, 0.1) is 25.5 Å². The fourth-order valence-electron chi connectivity index (χ4n) is 2.25. The summed E-state index contributed by atoms with van der Waals surface area (Å²) in [6.45, 7) is 5.65. The molecule has 0 N–H and O–H groups in total. The third-order valence-electron chi connectivity index (χ3n) is 3.28. The van der Waals surface area contributed by atoms with Crippen molar-refractivity contribution < 1.29 is 8.78 Å². The van der Waals surface area contributed by atoms with Crippen molar-refractivity contribution in [2.24, 2.45) is 0 Å². The standard InChI is InChI=1S/C15H14F2N4S/c1-8-6-9(2)21-14(18-8)19-15(20-21)22-10(3)12-5-4-11(16)7-13(12)17/h4-7,10H,1-3H3. The predicted molar refractivity (Wildman–Crippen MR) is 80.9 cm³/mol. The van der Waals surface area contributed by atoms with E-state index in [1.165, 1.54) is 23.9 Å². The van der Waals surface area contributed by atoms with Gasteiger partial charge in [-0.3, -0.25) is 0 Å². The maximum absolute atomic E-state index is 13.8. The highest BCUT2D eigenvalue weighted by Crippen LogP contribution is 2.34. The number of nitrogens with zero attached hydrogens (tertiary/aromatic N) is 4. The van der Waals surface area contributed by atoms with Crippen molar-refractivity contribution in [2.75, 3.05) is 0 Å². The lowest BCUT2D eigenvalue weighted by Crippen LogP contribution is -1.97. The molecule has 1 unspecified atom stereocenters. The molecule has 22 heavy (non-hydrogen) atoms. The van der Waals surface area contributed by atoms with Crippen LogP contribution in [0.15, 0.2) is 29.4 Å². The number of rotatable bonds is 3. The molecule has 0 aliphatic heterocycles. The molecule has 2 aromatic heterocycles. The normalized spacial score (nSPS) is 12.8. The molecule has 2 heterocycles. The molecule has 7 heteroatoms. The van der Waals surface area contributed by atoms with E-state index in [0.29, 0.717) is 16.5 Å². The van der Waals surface area contributed by atoms with E-state index >= 15 is 0 Å². The van der Waals surface area contributed by atoms with Crippen molar-refractivity contribution in [1.82, 2.24) is 19.6 Å². The average Bonchev–Trinajstić information content (AvgIpc) is 2.81. The van der Waals surface area contributed by atoms with E-state index in [9.17, 15) is 8.78 Å². The summed E-state index contributed by atoms with van der Waals surface area (Å²) < 4.78 is 28.4. The highest BCUT2D eigenvalue weighted by atomic mass is 32.2. The first-order valence-electron chi connectivity index (χ1n) is 6.76. The molecule has 0 aliphatic carbocycles. The van der Waals surface area contributed by atoms with Crippen LogP contribution in [-0.4, -0.2) is 19.6 Å². The first kappa shape index (κ1) is 14.9. The summed E-state index contributed by atoms with van der Waals surface area (Å²) in [6.07, 6.45) is 0. The van der Waals surface area contributed by atoms with E-state index in [1.807, 2.05) is 26.8 Å². The Balaban J connectivity index is 1.90. The number of hydrogen-bond donors (Lipinski definition) is 0.